The van der Waals surface area contributed by atoms with Crippen LogP contribution in [0.2, 0.25) is 4.34 Å². The Hall–Kier alpha value is -1.52. The molecule has 0 N–H and O–H groups in total. The fourth-order valence-corrected chi connectivity index (χ4v) is 7.73. The third-order valence-corrected chi connectivity index (χ3v) is 9.47. The number of thiazole rings is 1. The van der Waals surface area contributed by atoms with Gasteiger partial charge in [0, 0.05) is 13.6 Å². The second-order valence-corrected chi connectivity index (χ2v) is 11.5. The molecule has 1 fully saturated rings. The number of rotatable bonds is 3. The Labute approximate surface area is 175 Å². The molecular weight excluding hydrogens is 438 g/mol. The van der Waals surface area contributed by atoms with Crippen molar-refractivity contribution in [2.75, 3.05) is 6.54 Å². The van der Waals surface area contributed by atoms with Gasteiger partial charge in [0.05, 0.1) is 14.6 Å². The maximum atomic E-state index is 12.9. The third kappa shape index (κ3) is 3.46. The maximum Gasteiger partial charge on any atom is 0.266 e. The van der Waals surface area contributed by atoms with Gasteiger partial charge in [0.25, 0.3) is 15.9 Å². The molecule has 0 radical (unpaired) electrons. The van der Waals surface area contributed by atoms with E-state index in [1.165, 1.54) is 21.7 Å². The lowest BCUT2D eigenvalue weighted by Gasteiger charge is -2.20. The topological polar surface area (TPSA) is 71.7 Å². The number of hydrogen-bond donors (Lipinski definition) is 0. The zero-order valence-electron chi connectivity index (χ0n) is 15.3. The molecule has 1 atom stereocenters. The highest BCUT2D eigenvalue weighted by Gasteiger charge is 2.40. The summed E-state index contributed by atoms with van der Waals surface area (Å²) in [6, 6.07) is 8.31. The molecule has 1 aliphatic rings. The van der Waals surface area contributed by atoms with Gasteiger partial charge >= 0.3 is 0 Å². The number of carbonyl (C=O) groups excluding carboxylic acids is 1. The van der Waals surface area contributed by atoms with Gasteiger partial charge in [-0.15, -0.1) is 11.3 Å². The Morgan fingerprint density at radius 1 is 1.25 bits per heavy atom. The molecule has 148 valence electrons. The summed E-state index contributed by atoms with van der Waals surface area (Å²) < 4.78 is 30.6. The van der Waals surface area contributed by atoms with Crippen LogP contribution in [0.15, 0.2) is 39.5 Å². The number of thiophene rings is 1. The molecule has 6 nitrogen and oxygen atoms in total. The van der Waals surface area contributed by atoms with Crippen LogP contribution in [-0.2, 0) is 21.9 Å². The van der Waals surface area contributed by atoms with Crippen molar-refractivity contribution in [3.8, 4) is 0 Å². The average molecular weight is 456 g/mol. The zero-order chi connectivity index (χ0) is 20.1. The molecule has 28 heavy (non-hydrogen) atoms. The molecule has 0 saturated carbocycles. The van der Waals surface area contributed by atoms with Crippen LogP contribution in [0.1, 0.15) is 18.4 Å². The van der Waals surface area contributed by atoms with Gasteiger partial charge < -0.3 is 4.57 Å². The molecule has 0 spiro atoms. The van der Waals surface area contributed by atoms with Crippen molar-refractivity contribution in [3.05, 3.63) is 45.0 Å². The Morgan fingerprint density at radius 3 is 2.75 bits per heavy atom. The fraction of sp³-hybridized carbons (Fsp3) is 0.333. The number of fused-ring (bicyclic) bond motifs is 1. The lowest BCUT2D eigenvalue weighted by Crippen LogP contribution is -2.40. The molecule has 1 saturated heterocycles. The fourth-order valence-electron chi connectivity index (χ4n) is 3.34. The van der Waals surface area contributed by atoms with Gasteiger partial charge in [-0.2, -0.15) is 9.30 Å². The molecule has 10 heteroatoms. The van der Waals surface area contributed by atoms with Gasteiger partial charge in [-0.1, -0.05) is 29.0 Å². The summed E-state index contributed by atoms with van der Waals surface area (Å²) in [7, 11) is -1.90. The average Bonchev–Trinajstić information content (AvgIpc) is 3.35. The van der Waals surface area contributed by atoms with Crippen molar-refractivity contribution in [3.63, 3.8) is 0 Å². The molecule has 0 aliphatic carbocycles. The first-order valence-corrected chi connectivity index (χ1v) is 12.1. The summed E-state index contributed by atoms with van der Waals surface area (Å²) in [6.07, 6.45) is 1.09. The van der Waals surface area contributed by atoms with Gasteiger partial charge in [-0.05, 0) is 49.6 Å². The van der Waals surface area contributed by atoms with Crippen molar-refractivity contribution in [2.24, 2.45) is 12.0 Å². The number of benzene rings is 1. The highest BCUT2D eigenvalue weighted by atomic mass is 35.5. The van der Waals surface area contributed by atoms with Crippen LogP contribution < -0.4 is 4.80 Å². The summed E-state index contributed by atoms with van der Waals surface area (Å²) in [6.45, 7) is 2.32. The van der Waals surface area contributed by atoms with E-state index < -0.39 is 22.0 Å². The monoisotopic (exact) mass is 455 g/mol. The number of aromatic nitrogens is 1. The maximum absolute atomic E-state index is 12.9. The van der Waals surface area contributed by atoms with Gasteiger partial charge in [0.1, 0.15) is 10.3 Å². The molecule has 3 heterocycles. The second kappa shape index (κ2) is 7.38. The SMILES string of the molecule is Cc1ccc2c(c1)sc(=NC(=O)C1CCCN1S(=O)(=O)c1ccc(Cl)s1)n2C. The van der Waals surface area contributed by atoms with Crippen molar-refractivity contribution in [1.29, 1.82) is 0 Å². The van der Waals surface area contributed by atoms with Crippen LogP contribution in [0, 0.1) is 6.92 Å². The number of halogens is 1. The molecule has 1 unspecified atom stereocenters. The molecule has 4 rings (SSSR count). The van der Waals surface area contributed by atoms with Gasteiger partial charge in [-0.25, -0.2) is 8.42 Å². The van der Waals surface area contributed by atoms with Crippen LogP contribution in [0.5, 0.6) is 0 Å². The van der Waals surface area contributed by atoms with E-state index in [4.69, 9.17) is 11.6 Å². The quantitative estimate of drug-likeness (QED) is 0.606. The predicted octanol–water partition coefficient (Wildman–Crippen LogP) is 3.54. The number of aryl methyl sites for hydroxylation is 2. The largest absolute Gasteiger partial charge is 0.319 e. The summed E-state index contributed by atoms with van der Waals surface area (Å²) in [5.74, 6) is -0.428. The summed E-state index contributed by atoms with van der Waals surface area (Å²) in [5, 5.41) is 0. The minimum absolute atomic E-state index is 0.153. The first kappa shape index (κ1) is 19.8. The first-order chi connectivity index (χ1) is 13.3. The van der Waals surface area contributed by atoms with Crippen molar-refractivity contribution in [1.82, 2.24) is 8.87 Å². The molecular formula is C18H18ClN3O3S3. The molecule has 2 aromatic heterocycles. The Morgan fingerprint density at radius 2 is 2.04 bits per heavy atom. The summed E-state index contributed by atoms with van der Waals surface area (Å²) in [4.78, 5) is 17.7. The van der Waals surface area contributed by atoms with Crippen molar-refractivity contribution < 1.29 is 13.2 Å². The van der Waals surface area contributed by atoms with E-state index in [1.807, 2.05) is 30.7 Å². The highest BCUT2D eigenvalue weighted by Crippen LogP contribution is 2.32. The van der Waals surface area contributed by atoms with Gasteiger partial charge in [0.2, 0.25) is 0 Å². The van der Waals surface area contributed by atoms with E-state index in [2.05, 4.69) is 11.1 Å². The van der Waals surface area contributed by atoms with E-state index in [9.17, 15) is 13.2 Å². The molecule has 3 aromatic rings. The Bertz CT molecular complexity index is 1240. The first-order valence-electron chi connectivity index (χ1n) is 8.69. The van der Waals surface area contributed by atoms with Crippen molar-refractivity contribution >= 4 is 60.4 Å². The number of sulfonamides is 1. The number of nitrogens with zero attached hydrogens (tertiary/aromatic N) is 3. The third-order valence-electron chi connectivity index (χ3n) is 4.77. The number of amides is 1. The standard InChI is InChI=1S/C18H18ClN3O3S3/c1-11-5-6-12-14(10-11)26-18(21(12)2)20-17(23)13-4-3-9-22(13)28(24,25)16-8-7-15(19)27-16/h5-8,10,13H,3-4,9H2,1-2H3. The van der Waals surface area contributed by atoms with Gasteiger partial charge in [-0.3, -0.25) is 4.79 Å². The lowest BCUT2D eigenvalue weighted by molar-refractivity contribution is -0.121. The highest BCUT2D eigenvalue weighted by molar-refractivity contribution is 7.91. The van der Waals surface area contributed by atoms with E-state index >= 15 is 0 Å². The normalized spacial score (nSPS) is 19.0. The lowest BCUT2D eigenvalue weighted by atomic mass is 10.2. The summed E-state index contributed by atoms with van der Waals surface area (Å²) in [5.41, 5.74) is 2.13. The van der Waals surface area contributed by atoms with E-state index in [0.717, 1.165) is 27.1 Å². The van der Waals surface area contributed by atoms with E-state index in [1.54, 1.807) is 6.07 Å². The molecule has 1 aliphatic heterocycles. The zero-order valence-corrected chi connectivity index (χ0v) is 18.5. The van der Waals surface area contributed by atoms with Crippen LogP contribution in [-0.4, -0.2) is 35.8 Å². The predicted molar refractivity (Wildman–Crippen MR) is 112 cm³/mol. The summed E-state index contributed by atoms with van der Waals surface area (Å²) >= 11 is 8.32. The Balaban J connectivity index is 1.70. The number of hydrogen-bond acceptors (Lipinski definition) is 5. The van der Waals surface area contributed by atoms with Crippen LogP contribution >= 0.6 is 34.3 Å². The second-order valence-electron chi connectivity index (χ2n) is 6.70. The molecule has 1 aromatic carbocycles. The molecule has 0 bridgehead atoms. The smallest absolute Gasteiger partial charge is 0.266 e. The van der Waals surface area contributed by atoms with Crippen molar-refractivity contribution in [2.45, 2.75) is 30.0 Å². The van der Waals surface area contributed by atoms with Gasteiger partial charge in [0.15, 0.2) is 4.80 Å². The molecule has 1 amide bonds. The van der Waals surface area contributed by atoms with Crippen LogP contribution in [0.3, 0.4) is 0 Å². The van der Waals surface area contributed by atoms with Crippen LogP contribution in [0.25, 0.3) is 10.2 Å². The number of carbonyl (C=O) groups is 1. The minimum Gasteiger partial charge on any atom is -0.319 e. The van der Waals surface area contributed by atoms with E-state index in [0.29, 0.717) is 28.5 Å². The Kier molecular flexibility index (Phi) is 5.22. The van der Waals surface area contributed by atoms with E-state index in [-0.39, 0.29) is 4.21 Å². The minimum atomic E-state index is -3.76. The van der Waals surface area contributed by atoms with Crippen LogP contribution in [0.4, 0.5) is 0 Å².